The summed E-state index contributed by atoms with van der Waals surface area (Å²) in [5.41, 5.74) is 4.53. The van der Waals surface area contributed by atoms with E-state index in [1.54, 1.807) is 32.2 Å². The number of hydrogen-bond acceptors (Lipinski definition) is 5. The minimum atomic E-state index is -0.670. The maximum atomic E-state index is 12.4. The first-order valence-electron chi connectivity index (χ1n) is 9.21. The molecule has 0 saturated heterocycles. The van der Waals surface area contributed by atoms with Gasteiger partial charge in [-0.1, -0.05) is 6.07 Å². The molecule has 1 aliphatic rings. The van der Waals surface area contributed by atoms with Gasteiger partial charge in [-0.15, -0.1) is 0 Å². The van der Waals surface area contributed by atoms with Gasteiger partial charge in [0.1, 0.15) is 11.3 Å². The van der Waals surface area contributed by atoms with Crippen LogP contribution in [0.2, 0.25) is 0 Å². The molecule has 0 unspecified atom stereocenters. The molecule has 0 saturated carbocycles. The summed E-state index contributed by atoms with van der Waals surface area (Å²) in [6, 6.07) is 11.2. The van der Waals surface area contributed by atoms with Crippen molar-refractivity contribution in [2.75, 3.05) is 19.0 Å². The van der Waals surface area contributed by atoms with Crippen molar-refractivity contribution in [1.82, 2.24) is 0 Å². The molecule has 0 spiro atoms. The van der Waals surface area contributed by atoms with Gasteiger partial charge < -0.3 is 19.2 Å². The Morgan fingerprint density at radius 1 is 1.11 bits per heavy atom. The topological polar surface area (TPSA) is 77.8 Å². The van der Waals surface area contributed by atoms with Crippen molar-refractivity contribution in [3.8, 4) is 5.75 Å². The zero-order valence-electron chi connectivity index (χ0n) is 15.8. The lowest BCUT2D eigenvalue weighted by Crippen LogP contribution is -2.21. The first kappa shape index (κ1) is 18.1. The molecule has 4 rings (SSSR count). The fraction of sp³-hybridized carbons (Fsp3) is 0.273. The number of ether oxygens (including phenoxy) is 2. The van der Waals surface area contributed by atoms with Crippen LogP contribution in [0.3, 0.4) is 0 Å². The normalized spacial score (nSPS) is 12.6. The number of aryl methyl sites for hydroxylation is 3. The highest BCUT2D eigenvalue weighted by Crippen LogP contribution is 2.29. The molecule has 6 nitrogen and oxygen atoms in total. The number of rotatable bonds is 5. The zero-order valence-corrected chi connectivity index (χ0v) is 15.8. The molecule has 0 aliphatic heterocycles. The maximum absolute atomic E-state index is 12.4. The van der Waals surface area contributed by atoms with Crippen LogP contribution in [0.4, 0.5) is 5.69 Å². The Balaban J connectivity index is 1.40. The van der Waals surface area contributed by atoms with E-state index in [4.69, 9.17) is 13.9 Å². The minimum Gasteiger partial charge on any atom is -0.497 e. The van der Waals surface area contributed by atoms with Gasteiger partial charge in [-0.2, -0.15) is 0 Å². The summed E-state index contributed by atoms with van der Waals surface area (Å²) in [7, 11) is 1.57. The van der Waals surface area contributed by atoms with Crippen LogP contribution in [0.1, 0.15) is 33.7 Å². The van der Waals surface area contributed by atoms with Crippen molar-refractivity contribution in [3.63, 3.8) is 0 Å². The molecule has 3 aromatic rings. The summed E-state index contributed by atoms with van der Waals surface area (Å²) in [5, 5.41) is 3.54. The van der Waals surface area contributed by atoms with Gasteiger partial charge in [-0.05, 0) is 67.6 Å². The third kappa shape index (κ3) is 3.45. The Hall–Kier alpha value is -3.28. The fourth-order valence-electron chi connectivity index (χ4n) is 3.56. The van der Waals surface area contributed by atoms with E-state index in [2.05, 4.69) is 5.32 Å². The summed E-state index contributed by atoms with van der Waals surface area (Å²) in [4.78, 5) is 24.5. The molecule has 0 bridgehead atoms. The zero-order chi connectivity index (χ0) is 19.7. The quantitative estimate of drug-likeness (QED) is 0.677. The number of carbonyl (C=O) groups is 2. The summed E-state index contributed by atoms with van der Waals surface area (Å²) in [6.45, 7) is 1.39. The number of esters is 1. The molecule has 2 aromatic carbocycles. The highest BCUT2D eigenvalue weighted by molar-refractivity contribution is 5.98. The molecule has 1 N–H and O–H groups in total. The summed E-state index contributed by atoms with van der Waals surface area (Å²) in [6.07, 6.45) is 3.26. The SMILES string of the molecule is COc1ccc2oc(C(=O)OCC(=O)Nc3ccc4c(c3)CCC4)c(C)c2c1. The monoisotopic (exact) mass is 379 g/mol. The molecule has 1 aromatic heterocycles. The van der Waals surface area contributed by atoms with Crippen LogP contribution in [0.25, 0.3) is 11.0 Å². The van der Waals surface area contributed by atoms with Gasteiger partial charge in [-0.25, -0.2) is 4.79 Å². The van der Waals surface area contributed by atoms with E-state index in [-0.39, 0.29) is 18.3 Å². The molecule has 1 amide bonds. The molecule has 0 radical (unpaired) electrons. The van der Waals surface area contributed by atoms with E-state index < -0.39 is 5.97 Å². The second-order valence-electron chi connectivity index (χ2n) is 6.88. The minimum absolute atomic E-state index is 0.0913. The summed E-state index contributed by atoms with van der Waals surface area (Å²) < 4.78 is 15.9. The van der Waals surface area contributed by atoms with Gasteiger partial charge in [0.25, 0.3) is 5.91 Å². The number of methoxy groups -OCH3 is 1. The van der Waals surface area contributed by atoms with E-state index >= 15 is 0 Å². The van der Waals surface area contributed by atoms with Crippen LogP contribution in [0.15, 0.2) is 40.8 Å². The van der Waals surface area contributed by atoms with Crippen LogP contribution in [-0.4, -0.2) is 25.6 Å². The van der Waals surface area contributed by atoms with E-state index in [0.29, 0.717) is 22.6 Å². The van der Waals surface area contributed by atoms with Crippen LogP contribution in [-0.2, 0) is 22.4 Å². The van der Waals surface area contributed by atoms with Crippen molar-refractivity contribution >= 4 is 28.5 Å². The van der Waals surface area contributed by atoms with Crippen molar-refractivity contribution in [1.29, 1.82) is 0 Å². The van der Waals surface area contributed by atoms with Gasteiger partial charge in [0.05, 0.1) is 7.11 Å². The second-order valence-corrected chi connectivity index (χ2v) is 6.88. The van der Waals surface area contributed by atoms with Gasteiger partial charge in [0.2, 0.25) is 5.76 Å². The van der Waals surface area contributed by atoms with Crippen molar-refractivity contribution in [2.24, 2.45) is 0 Å². The highest BCUT2D eigenvalue weighted by Gasteiger charge is 2.20. The number of nitrogens with one attached hydrogen (secondary N) is 1. The number of fused-ring (bicyclic) bond motifs is 2. The highest BCUT2D eigenvalue weighted by atomic mass is 16.5. The smallest absolute Gasteiger partial charge is 0.375 e. The van der Waals surface area contributed by atoms with E-state index in [9.17, 15) is 9.59 Å². The van der Waals surface area contributed by atoms with E-state index in [1.165, 1.54) is 11.1 Å². The third-order valence-corrected chi connectivity index (χ3v) is 5.05. The van der Waals surface area contributed by atoms with Gasteiger partial charge in [0.15, 0.2) is 6.61 Å². The van der Waals surface area contributed by atoms with Crippen LogP contribution in [0, 0.1) is 6.92 Å². The number of amides is 1. The molecule has 28 heavy (non-hydrogen) atoms. The van der Waals surface area contributed by atoms with Gasteiger partial charge >= 0.3 is 5.97 Å². The Bertz CT molecular complexity index is 1070. The lowest BCUT2D eigenvalue weighted by atomic mass is 10.1. The Kier molecular flexibility index (Phi) is 4.77. The maximum Gasteiger partial charge on any atom is 0.375 e. The first-order chi connectivity index (χ1) is 13.5. The second kappa shape index (κ2) is 7.38. The number of anilines is 1. The molecule has 1 heterocycles. The fourth-order valence-corrected chi connectivity index (χ4v) is 3.56. The van der Waals surface area contributed by atoms with Crippen LogP contribution < -0.4 is 10.1 Å². The number of benzene rings is 2. The number of carbonyl (C=O) groups excluding carboxylic acids is 2. The lowest BCUT2D eigenvalue weighted by molar-refractivity contribution is -0.119. The van der Waals surface area contributed by atoms with Gasteiger partial charge in [0, 0.05) is 16.6 Å². The van der Waals surface area contributed by atoms with Crippen LogP contribution >= 0.6 is 0 Å². The predicted octanol–water partition coefficient (Wildman–Crippen LogP) is 4.03. The van der Waals surface area contributed by atoms with Gasteiger partial charge in [-0.3, -0.25) is 4.79 Å². The third-order valence-electron chi connectivity index (χ3n) is 5.05. The molecule has 144 valence electrons. The lowest BCUT2D eigenvalue weighted by Gasteiger charge is -2.08. The van der Waals surface area contributed by atoms with Crippen molar-refractivity contribution in [3.05, 3.63) is 58.8 Å². The Morgan fingerprint density at radius 3 is 2.75 bits per heavy atom. The molecule has 0 atom stereocenters. The Morgan fingerprint density at radius 2 is 1.93 bits per heavy atom. The largest absolute Gasteiger partial charge is 0.497 e. The average Bonchev–Trinajstić information content (AvgIpc) is 3.30. The van der Waals surface area contributed by atoms with Crippen LogP contribution in [0.5, 0.6) is 5.75 Å². The van der Waals surface area contributed by atoms with E-state index in [0.717, 1.165) is 24.6 Å². The summed E-state index contributed by atoms with van der Waals surface area (Å²) >= 11 is 0. The molecular formula is C22H21NO5. The molecule has 6 heteroatoms. The Labute approximate surface area is 162 Å². The van der Waals surface area contributed by atoms with Crippen molar-refractivity contribution in [2.45, 2.75) is 26.2 Å². The number of hydrogen-bond donors (Lipinski definition) is 1. The molecule has 0 fully saturated rings. The number of furan rings is 1. The van der Waals surface area contributed by atoms with Crippen molar-refractivity contribution < 1.29 is 23.5 Å². The van der Waals surface area contributed by atoms with E-state index in [1.807, 2.05) is 18.2 Å². The molecule has 1 aliphatic carbocycles. The predicted molar refractivity (Wildman–Crippen MR) is 105 cm³/mol. The standard InChI is InChI=1S/C22H21NO5/c1-13-18-11-17(26-2)8-9-19(18)28-21(13)22(25)27-12-20(24)23-16-7-6-14-4-3-5-15(14)10-16/h6-11H,3-5,12H2,1-2H3,(H,23,24). The molecular weight excluding hydrogens is 358 g/mol. The average molecular weight is 379 g/mol. The first-order valence-corrected chi connectivity index (χ1v) is 9.21. The summed E-state index contributed by atoms with van der Waals surface area (Å²) in [5.74, 6) is -0.294.